The molecule has 1 aromatic heterocycles. The summed E-state index contributed by atoms with van der Waals surface area (Å²) in [6, 6.07) is 1.35. The van der Waals surface area contributed by atoms with Crippen molar-refractivity contribution in [2.24, 2.45) is 0 Å². The van der Waals surface area contributed by atoms with Crippen LogP contribution in [0.5, 0.6) is 0 Å². The van der Waals surface area contributed by atoms with Crippen LogP contribution in [0.25, 0.3) is 0 Å². The summed E-state index contributed by atoms with van der Waals surface area (Å²) in [4.78, 5) is 37.7. The van der Waals surface area contributed by atoms with E-state index in [1.165, 1.54) is 92.5 Å². The molecular weight excluding hydrogens is 631 g/mol. The minimum Gasteiger partial charge on any atom is -0.766 e. The zero-order valence-electron chi connectivity index (χ0n) is 27.6. The molecule has 5 aliphatic rings. The number of guanidine groups is 1. The van der Waals surface area contributed by atoms with Crippen LogP contribution in [-0.2, 0) is 23.3 Å². The number of aryl methyl sites for hydroxylation is 1. The van der Waals surface area contributed by atoms with Crippen molar-refractivity contribution in [2.45, 2.75) is 108 Å². The maximum Gasteiger partial charge on any atom is 0.346 e. The molecule has 0 spiro atoms. The maximum atomic E-state index is 12.2. The third-order valence-corrected chi connectivity index (χ3v) is 11.2. The van der Waals surface area contributed by atoms with Crippen molar-refractivity contribution in [1.29, 1.82) is 0 Å². The number of rotatable bonds is 7. The molecule has 6 rings (SSSR count). The van der Waals surface area contributed by atoms with Gasteiger partial charge in [-0.05, 0) is 32.6 Å². The topological polar surface area (TPSA) is 182 Å². The Bertz CT molecular complexity index is 1310. The van der Waals surface area contributed by atoms with Gasteiger partial charge < -0.3 is 28.7 Å². The number of nitrogens with one attached hydrogen (secondary N) is 3. The van der Waals surface area contributed by atoms with Crippen LogP contribution in [0.4, 0.5) is 0 Å². The van der Waals surface area contributed by atoms with E-state index in [1.807, 2.05) is 0 Å². The molecule has 0 bridgehead atoms. The van der Waals surface area contributed by atoms with Crippen LogP contribution in [0.2, 0.25) is 0 Å². The third-order valence-electron chi connectivity index (χ3n) is 9.62. The number of aromatic amines is 1. The molecule has 0 radical (unpaired) electrons. The number of nitrogens with zero attached hydrogens (tertiary/aromatic N) is 3. The van der Waals surface area contributed by atoms with Gasteiger partial charge in [0.2, 0.25) is 7.75 Å². The van der Waals surface area contributed by atoms with Crippen molar-refractivity contribution in [2.75, 3.05) is 59.2 Å². The molecule has 0 aromatic carbocycles. The van der Waals surface area contributed by atoms with Crippen molar-refractivity contribution in [3.63, 3.8) is 0 Å². The van der Waals surface area contributed by atoms with Gasteiger partial charge in [-0.15, -0.1) is 0 Å². The lowest BCUT2D eigenvalue weighted by molar-refractivity contribution is -0.553. The summed E-state index contributed by atoms with van der Waals surface area (Å²) in [5.74, 6) is 1.30. The number of aliphatic hydroxyl groups excluding tert-OH is 1. The summed E-state index contributed by atoms with van der Waals surface area (Å²) in [5.41, 5.74) is -0.844. The SMILES string of the molecule is C1CCC(NC(NC2CCCCC2)=[N+]2CCOCC2)CC1.Cc1cn([C@H]2C[C@H](O)[C@@H](COP(=O)([O-])N3CCOCC3)O2)c(=O)[nH]c1=O. The number of ether oxygens (including phenoxy) is 3. The number of aromatic nitrogens is 2. The highest BCUT2D eigenvalue weighted by Crippen LogP contribution is 2.43. The minimum absolute atomic E-state index is 0.0696. The average Bonchev–Trinajstić information content (AvgIpc) is 3.47. The summed E-state index contributed by atoms with van der Waals surface area (Å²) in [6.07, 6.45) is 12.4. The second-order valence-electron chi connectivity index (χ2n) is 13.1. The molecule has 2 saturated carbocycles. The van der Waals surface area contributed by atoms with Gasteiger partial charge in [-0.25, -0.2) is 9.46 Å². The predicted octanol–water partition coefficient (Wildman–Crippen LogP) is 0.540. The van der Waals surface area contributed by atoms with E-state index in [2.05, 4.69) is 20.2 Å². The summed E-state index contributed by atoms with van der Waals surface area (Å²) in [5, 5.41) is 17.8. The van der Waals surface area contributed by atoms with Gasteiger partial charge in [0.1, 0.15) is 12.3 Å². The molecule has 47 heavy (non-hydrogen) atoms. The van der Waals surface area contributed by atoms with Crippen LogP contribution in [0.3, 0.4) is 0 Å². The van der Waals surface area contributed by atoms with E-state index in [0.29, 0.717) is 30.9 Å². The van der Waals surface area contributed by atoms with Crippen LogP contribution < -0.4 is 26.8 Å². The Labute approximate surface area is 276 Å². The second kappa shape index (κ2) is 17.5. The molecule has 5 fully saturated rings. The van der Waals surface area contributed by atoms with Gasteiger partial charge in [0.15, 0.2) is 0 Å². The first kappa shape index (κ1) is 36.2. The monoisotopic (exact) mass is 684 g/mol. The molecule has 3 saturated heterocycles. The first-order valence-corrected chi connectivity index (χ1v) is 18.9. The van der Waals surface area contributed by atoms with E-state index in [-0.39, 0.29) is 26.1 Å². The van der Waals surface area contributed by atoms with E-state index in [1.54, 1.807) is 0 Å². The molecule has 2 aliphatic carbocycles. The van der Waals surface area contributed by atoms with Crippen molar-refractivity contribution in [1.82, 2.24) is 24.9 Å². The van der Waals surface area contributed by atoms with Gasteiger partial charge in [0.05, 0.1) is 64.3 Å². The van der Waals surface area contributed by atoms with Gasteiger partial charge >= 0.3 is 11.6 Å². The van der Waals surface area contributed by atoms with E-state index < -0.39 is 37.4 Å². The Morgan fingerprint density at radius 1 is 1.00 bits per heavy atom. The lowest BCUT2D eigenvalue weighted by Gasteiger charge is -2.37. The van der Waals surface area contributed by atoms with E-state index >= 15 is 0 Å². The van der Waals surface area contributed by atoms with Gasteiger partial charge in [-0.2, -0.15) is 0 Å². The molecule has 0 amide bonds. The second-order valence-corrected chi connectivity index (χ2v) is 14.9. The molecule has 4 atom stereocenters. The van der Waals surface area contributed by atoms with Gasteiger partial charge in [0, 0.05) is 31.3 Å². The highest BCUT2D eigenvalue weighted by molar-refractivity contribution is 7.48. The molecule has 3 aliphatic heterocycles. The fraction of sp³-hybridized carbons (Fsp3) is 0.839. The Kier molecular flexibility index (Phi) is 13.5. The Morgan fingerprint density at radius 2 is 1.57 bits per heavy atom. The van der Waals surface area contributed by atoms with Crippen LogP contribution in [0.15, 0.2) is 15.8 Å². The standard InChI is InChI=1S/C17H31N3O.C14H22N3O8P/c1-3-7-15(8-4-1)18-17(20-11-13-21-14-12-20)19-16-9-5-2-6-10-16;1-9-7-17(14(20)15-13(9)19)12-6-10(18)11(25-12)8-24-26(21,22)16-2-4-23-5-3-16/h15-16H,1-14H2,(H,18,19);7,10-12,18H,2-6,8H2,1H3,(H,21,22)(H,15,19,20)/t;10-,11+,12+/m.0/s1. The smallest absolute Gasteiger partial charge is 0.346 e. The first-order chi connectivity index (χ1) is 22.7. The lowest BCUT2D eigenvalue weighted by atomic mass is 9.95. The summed E-state index contributed by atoms with van der Waals surface area (Å²) >= 11 is 0. The Morgan fingerprint density at radius 3 is 2.17 bits per heavy atom. The number of H-pyrrole nitrogens is 1. The predicted molar refractivity (Wildman–Crippen MR) is 172 cm³/mol. The number of hydrogen-bond donors (Lipinski definition) is 4. The van der Waals surface area contributed by atoms with Crippen molar-refractivity contribution in [3.05, 3.63) is 32.6 Å². The van der Waals surface area contributed by atoms with Gasteiger partial charge in [-0.1, -0.05) is 38.5 Å². The normalized spacial score (nSPS) is 27.8. The van der Waals surface area contributed by atoms with Crippen LogP contribution in [0.1, 0.15) is 82.4 Å². The zero-order valence-corrected chi connectivity index (χ0v) is 28.5. The van der Waals surface area contributed by atoms with E-state index in [0.717, 1.165) is 26.3 Å². The molecule has 1 aromatic rings. The maximum absolute atomic E-state index is 12.2. The largest absolute Gasteiger partial charge is 0.766 e. The van der Waals surface area contributed by atoms with Crippen molar-refractivity contribution < 1.29 is 37.9 Å². The minimum atomic E-state index is -4.27. The first-order valence-electron chi connectivity index (χ1n) is 17.4. The number of morpholine rings is 2. The molecule has 16 heteroatoms. The fourth-order valence-electron chi connectivity index (χ4n) is 6.78. The van der Waals surface area contributed by atoms with Gasteiger partial charge in [0.25, 0.3) is 5.56 Å². The van der Waals surface area contributed by atoms with Crippen LogP contribution in [0, 0.1) is 6.92 Å². The van der Waals surface area contributed by atoms with Crippen molar-refractivity contribution in [3.8, 4) is 0 Å². The zero-order chi connectivity index (χ0) is 33.2. The molecule has 15 nitrogen and oxygen atoms in total. The molecule has 4 heterocycles. The summed E-state index contributed by atoms with van der Waals surface area (Å²) in [6.45, 7) is 5.97. The quantitative estimate of drug-likeness (QED) is 0.178. The van der Waals surface area contributed by atoms with Crippen molar-refractivity contribution >= 4 is 13.7 Å². The number of aliphatic hydroxyl groups is 1. The van der Waals surface area contributed by atoms with E-state index in [9.17, 15) is 24.2 Å². The molecule has 266 valence electrons. The Balaban J connectivity index is 0.000000189. The molecular formula is C31H53N6O9P. The highest BCUT2D eigenvalue weighted by Gasteiger charge is 2.37. The Hall–Kier alpha value is -2.10. The summed E-state index contributed by atoms with van der Waals surface area (Å²) < 4.78 is 38.2. The van der Waals surface area contributed by atoms with Crippen LogP contribution >= 0.6 is 7.75 Å². The summed E-state index contributed by atoms with van der Waals surface area (Å²) in [7, 11) is -4.27. The third kappa shape index (κ3) is 10.4. The molecule has 4 N–H and O–H groups in total. The van der Waals surface area contributed by atoms with Crippen LogP contribution in [-0.4, -0.2) is 113 Å². The molecule has 1 unspecified atom stereocenters. The average molecular weight is 685 g/mol. The van der Waals surface area contributed by atoms with Gasteiger partial charge in [-0.3, -0.25) is 34.1 Å². The van der Waals surface area contributed by atoms with E-state index in [4.69, 9.17) is 18.7 Å². The fourth-order valence-corrected chi connectivity index (χ4v) is 7.93. The lowest BCUT2D eigenvalue weighted by Crippen LogP contribution is -2.54. The highest BCUT2D eigenvalue weighted by atomic mass is 31.2. The number of hydrogen-bond acceptors (Lipinski definition) is 9.